The third-order valence-corrected chi connectivity index (χ3v) is 6.05. The standard InChI is InChI=1S/C23H26N2O5S/c1-17(2)22(24-31(28,29)15-13-18-8-4-3-5-9-18)23(27)30-16-21(26)25-14-12-19-10-6-7-11-20(19)25/h3-11,13,15,17,22,24H,12,14,16H2,1-2H3/b15-13+/t22-/m1/s1. The van der Waals surface area contributed by atoms with Crippen molar-refractivity contribution in [1.29, 1.82) is 0 Å². The molecule has 0 fully saturated rings. The van der Waals surface area contributed by atoms with Gasteiger partial charge in [0.05, 0.1) is 0 Å². The minimum Gasteiger partial charge on any atom is -0.454 e. The number of esters is 1. The van der Waals surface area contributed by atoms with Gasteiger partial charge in [0.1, 0.15) is 6.04 Å². The van der Waals surface area contributed by atoms with Gasteiger partial charge in [-0.05, 0) is 35.6 Å². The summed E-state index contributed by atoms with van der Waals surface area (Å²) in [6, 6.07) is 15.4. The number of benzene rings is 2. The summed E-state index contributed by atoms with van der Waals surface area (Å²) in [5.41, 5.74) is 2.60. The number of fused-ring (bicyclic) bond motifs is 1. The molecule has 3 rings (SSSR count). The van der Waals surface area contributed by atoms with Gasteiger partial charge in [0.15, 0.2) is 6.61 Å². The van der Waals surface area contributed by atoms with Gasteiger partial charge in [-0.3, -0.25) is 9.59 Å². The second-order valence-electron chi connectivity index (χ2n) is 7.63. The third-order valence-electron chi connectivity index (χ3n) is 4.98. The lowest BCUT2D eigenvalue weighted by atomic mass is 10.1. The summed E-state index contributed by atoms with van der Waals surface area (Å²) in [6.45, 7) is 3.49. The van der Waals surface area contributed by atoms with E-state index in [1.165, 1.54) is 6.08 Å². The van der Waals surface area contributed by atoms with Crippen LogP contribution in [0.25, 0.3) is 6.08 Å². The highest BCUT2D eigenvalue weighted by molar-refractivity contribution is 7.92. The maximum Gasteiger partial charge on any atom is 0.324 e. The normalized spacial score (nSPS) is 14.6. The molecule has 31 heavy (non-hydrogen) atoms. The lowest BCUT2D eigenvalue weighted by molar-refractivity contribution is -0.150. The van der Waals surface area contributed by atoms with Crippen LogP contribution in [0, 0.1) is 5.92 Å². The molecule has 0 spiro atoms. The fourth-order valence-electron chi connectivity index (χ4n) is 3.30. The number of rotatable bonds is 8. The Morgan fingerprint density at radius 1 is 1.10 bits per heavy atom. The van der Waals surface area contributed by atoms with Gasteiger partial charge in [0, 0.05) is 17.6 Å². The molecule has 7 nitrogen and oxygen atoms in total. The number of sulfonamides is 1. The number of amides is 1. The summed E-state index contributed by atoms with van der Waals surface area (Å²) in [5.74, 6) is -1.49. The lowest BCUT2D eigenvalue weighted by Crippen LogP contribution is -2.45. The molecule has 164 valence electrons. The Morgan fingerprint density at radius 3 is 2.48 bits per heavy atom. The van der Waals surface area contributed by atoms with Crippen LogP contribution in [-0.2, 0) is 30.8 Å². The third kappa shape index (κ3) is 6.02. The van der Waals surface area contributed by atoms with E-state index in [1.54, 1.807) is 43.0 Å². The predicted molar refractivity (Wildman–Crippen MR) is 120 cm³/mol. The first-order valence-corrected chi connectivity index (χ1v) is 11.6. The number of carbonyl (C=O) groups excluding carboxylic acids is 2. The maximum absolute atomic E-state index is 12.6. The van der Waals surface area contributed by atoms with E-state index >= 15 is 0 Å². The summed E-state index contributed by atoms with van der Waals surface area (Å²) >= 11 is 0. The first-order chi connectivity index (χ1) is 14.8. The van der Waals surface area contributed by atoms with Crippen molar-refractivity contribution in [2.24, 2.45) is 5.92 Å². The highest BCUT2D eigenvalue weighted by atomic mass is 32.2. The molecule has 1 amide bonds. The topological polar surface area (TPSA) is 92.8 Å². The monoisotopic (exact) mass is 442 g/mol. The highest BCUT2D eigenvalue weighted by Crippen LogP contribution is 2.27. The van der Waals surface area contributed by atoms with Gasteiger partial charge in [0.25, 0.3) is 5.91 Å². The van der Waals surface area contributed by atoms with E-state index in [0.29, 0.717) is 12.1 Å². The number of hydrogen-bond donors (Lipinski definition) is 1. The summed E-state index contributed by atoms with van der Waals surface area (Å²) in [7, 11) is -3.89. The Hall–Kier alpha value is -2.97. The van der Waals surface area contributed by atoms with E-state index in [9.17, 15) is 18.0 Å². The summed E-state index contributed by atoms with van der Waals surface area (Å²) in [4.78, 5) is 26.7. The largest absolute Gasteiger partial charge is 0.454 e. The van der Waals surface area contributed by atoms with Crippen LogP contribution < -0.4 is 9.62 Å². The molecule has 2 aromatic rings. The van der Waals surface area contributed by atoms with Crippen molar-refractivity contribution in [2.75, 3.05) is 18.1 Å². The Labute approximate surface area is 182 Å². The molecule has 1 N–H and O–H groups in total. The van der Waals surface area contributed by atoms with Gasteiger partial charge >= 0.3 is 5.97 Å². The Morgan fingerprint density at radius 2 is 1.77 bits per heavy atom. The average molecular weight is 443 g/mol. The van der Waals surface area contributed by atoms with Crippen molar-refractivity contribution in [3.63, 3.8) is 0 Å². The summed E-state index contributed by atoms with van der Waals surface area (Å²) in [5, 5.41) is 1.01. The van der Waals surface area contributed by atoms with Crippen LogP contribution in [0.5, 0.6) is 0 Å². The van der Waals surface area contributed by atoms with Crippen molar-refractivity contribution in [1.82, 2.24) is 4.72 Å². The number of carbonyl (C=O) groups is 2. The van der Waals surface area contributed by atoms with Crippen molar-refractivity contribution in [3.8, 4) is 0 Å². The Kier molecular flexibility index (Phi) is 7.25. The van der Waals surface area contributed by atoms with Gasteiger partial charge in [0.2, 0.25) is 10.0 Å². The van der Waals surface area contributed by atoms with Crippen molar-refractivity contribution < 1.29 is 22.7 Å². The zero-order chi connectivity index (χ0) is 22.4. The van der Waals surface area contributed by atoms with Gasteiger partial charge in [-0.25, -0.2) is 8.42 Å². The smallest absolute Gasteiger partial charge is 0.324 e. The quantitative estimate of drug-likeness (QED) is 0.635. The average Bonchev–Trinajstić information content (AvgIpc) is 3.19. The molecule has 1 heterocycles. The van der Waals surface area contributed by atoms with Crippen LogP contribution in [0.4, 0.5) is 5.69 Å². The molecule has 1 aliphatic heterocycles. The van der Waals surface area contributed by atoms with Crippen molar-refractivity contribution >= 4 is 33.7 Å². The maximum atomic E-state index is 12.6. The predicted octanol–water partition coefficient (Wildman–Crippen LogP) is 2.73. The van der Waals surface area contributed by atoms with Crippen LogP contribution in [0.1, 0.15) is 25.0 Å². The van der Waals surface area contributed by atoms with Crippen molar-refractivity contribution in [3.05, 3.63) is 71.1 Å². The van der Waals surface area contributed by atoms with E-state index in [4.69, 9.17) is 4.74 Å². The highest BCUT2D eigenvalue weighted by Gasteiger charge is 2.30. The van der Waals surface area contributed by atoms with E-state index in [1.807, 2.05) is 30.3 Å². The Bertz CT molecular complexity index is 1060. The molecule has 0 aliphatic carbocycles. The first kappa shape index (κ1) is 22.7. The van der Waals surface area contributed by atoms with Crippen LogP contribution in [-0.4, -0.2) is 39.5 Å². The fourth-order valence-corrected chi connectivity index (χ4v) is 4.44. The van der Waals surface area contributed by atoms with Gasteiger partial charge in [-0.15, -0.1) is 0 Å². The Balaban J connectivity index is 1.60. The number of anilines is 1. The first-order valence-electron chi connectivity index (χ1n) is 10.1. The number of para-hydroxylation sites is 1. The zero-order valence-electron chi connectivity index (χ0n) is 17.5. The van der Waals surface area contributed by atoms with Crippen LogP contribution in [0.2, 0.25) is 0 Å². The van der Waals surface area contributed by atoms with E-state index in [0.717, 1.165) is 23.1 Å². The minimum absolute atomic E-state index is 0.340. The number of ether oxygens (including phenoxy) is 1. The SMILES string of the molecule is CC(C)[C@@H](NS(=O)(=O)/C=C/c1ccccc1)C(=O)OCC(=O)N1CCc2ccccc21. The number of nitrogens with zero attached hydrogens (tertiary/aromatic N) is 1. The molecule has 1 atom stereocenters. The van der Waals surface area contributed by atoms with E-state index in [-0.39, 0.29) is 11.8 Å². The molecular weight excluding hydrogens is 416 g/mol. The number of nitrogens with one attached hydrogen (secondary N) is 1. The van der Waals surface area contributed by atoms with Crippen LogP contribution >= 0.6 is 0 Å². The zero-order valence-corrected chi connectivity index (χ0v) is 18.3. The molecule has 0 saturated carbocycles. The van der Waals surface area contributed by atoms with E-state index < -0.39 is 28.6 Å². The molecule has 0 radical (unpaired) electrons. The summed E-state index contributed by atoms with van der Waals surface area (Å²) in [6.07, 6.45) is 2.19. The minimum atomic E-state index is -3.89. The van der Waals surface area contributed by atoms with Gasteiger partial charge in [-0.2, -0.15) is 4.72 Å². The van der Waals surface area contributed by atoms with Gasteiger partial charge < -0.3 is 9.64 Å². The fraction of sp³-hybridized carbons (Fsp3) is 0.304. The summed E-state index contributed by atoms with van der Waals surface area (Å²) < 4.78 is 32.4. The molecule has 0 aromatic heterocycles. The van der Waals surface area contributed by atoms with Crippen LogP contribution in [0.3, 0.4) is 0 Å². The molecular formula is C23H26N2O5S. The van der Waals surface area contributed by atoms with E-state index in [2.05, 4.69) is 4.72 Å². The molecule has 8 heteroatoms. The number of hydrogen-bond acceptors (Lipinski definition) is 5. The molecule has 0 bridgehead atoms. The van der Waals surface area contributed by atoms with Gasteiger partial charge in [-0.1, -0.05) is 62.4 Å². The second kappa shape index (κ2) is 9.89. The molecule has 1 aliphatic rings. The van der Waals surface area contributed by atoms with Crippen LogP contribution in [0.15, 0.2) is 60.0 Å². The molecule has 0 saturated heterocycles. The molecule has 2 aromatic carbocycles. The lowest BCUT2D eigenvalue weighted by Gasteiger charge is -2.21. The molecule has 0 unspecified atom stereocenters. The van der Waals surface area contributed by atoms with Crippen molar-refractivity contribution in [2.45, 2.75) is 26.3 Å². The second-order valence-corrected chi connectivity index (χ2v) is 9.23.